The number of hydrogen-bond donors (Lipinski definition) is 1. The summed E-state index contributed by atoms with van der Waals surface area (Å²) in [5.41, 5.74) is 3.48. The lowest BCUT2D eigenvalue weighted by atomic mass is 9.79. The van der Waals surface area contributed by atoms with Gasteiger partial charge in [-0.15, -0.1) is 0 Å². The van der Waals surface area contributed by atoms with Crippen LogP contribution in [0.2, 0.25) is 0 Å². The first-order valence-electron chi connectivity index (χ1n) is 11.2. The number of benzene rings is 1. The number of hydrogen-bond acceptors (Lipinski definition) is 3. The number of carbonyl (C=O) groups is 2. The Labute approximate surface area is 173 Å². The highest BCUT2D eigenvalue weighted by molar-refractivity contribution is 5.81. The summed E-state index contributed by atoms with van der Waals surface area (Å²) in [5.74, 6) is 0.934. The maximum absolute atomic E-state index is 13.0. The lowest BCUT2D eigenvalue weighted by molar-refractivity contribution is -0.138. The summed E-state index contributed by atoms with van der Waals surface area (Å²) < 4.78 is 5.12. The molecule has 156 valence electrons. The van der Waals surface area contributed by atoms with E-state index in [4.69, 9.17) is 4.74 Å². The predicted molar refractivity (Wildman–Crippen MR) is 111 cm³/mol. The molecule has 0 radical (unpaired) electrons. The number of amides is 2. The zero-order valence-electron chi connectivity index (χ0n) is 17.7. The number of piperidine rings is 1. The number of carbonyl (C=O) groups excluding carboxylic acids is 2. The average molecular weight is 397 g/mol. The molecule has 29 heavy (non-hydrogen) atoms. The summed E-state index contributed by atoms with van der Waals surface area (Å²) in [4.78, 5) is 26.7. The van der Waals surface area contributed by atoms with E-state index in [-0.39, 0.29) is 35.5 Å². The highest BCUT2D eigenvalue weighted by Crippen LogP contribution is 2.59. The van der Waals surface area contributed by atoms with Gasteiger partial charge < -0.3 is 15.0 Å². The minimum atomic E-state index is -0.374. The molecule has 2 atom stereocenters. The minimum Gasteiger partial charge on any atom is -0.447 e. The molecule has 5 nitrogen and oxygen atoms in total. The molecule has 1 aromatic carbocycles. The van der Waals surface area contributed by atoms with Crippen LogP contribution in [0.4, 0.5) is 4.79 Å². The van der Waals surface area contributed by atoms with Crippen molar-refractivity contribution in [1.29, 1.82) is 0 Å². The van der Waals surface area contributed by atoms with Crippen LogP contribution in [-0.2, 0) is 20.4 Å². The van der Waals surface area contributed by atoms with Gasteiger partial charge in [0.2, 0.25) is 5.91 Å². The maximum Gasteiger partial charge on any atom is 0.407 e. The van der Waals surface area contributed by atoms with E-state index in [9.17, 15) is 9.59 Å². The van der Waals surface area contributed by atoms with E-state index in [1.165, 1.54) is 30.4 Å². The van der Waals surface area contributed by atoms with Crippen LogP contribution in [0.1, 0.15) is 64.0 Å². The van der Waals surface area contributed by atoms with Crippen LogP contribution < -0.4 is 5.32 Å². The van der Waals surface area contributed by atoms with Gasteiger partial charge in [-0.3, -0.25) is 4.79 Å². The lowest BCUT2D eigenvalue weighted by Crippen LogP contribution is -2.50. The number of nitrogens with one attached hydrogen (secondary N) is 1. The zero-order valence-corrected chi connectivity index (χ0v) is 17.7. The van der Waals surface area contributed by atoms with E-state index in [1.54, 1.807) is 0 Å². The number of rotatable bonds is 5. The Hall–Kier alpha value is -2.04. The van der Waals surface area contributed by atoms with Crippen molar-refractivity contribution in [2.45, 2.75) is 75.9 Å². The Balaban J connectivity index is 1.15. The molecule has 1 aromatic rings. The summed E-state index contributed by atoms with van der Waals surface area (Å²) in [6.07, 6.45) is 4.77. The minimum absolute atomic E-state index is 0.0473. The van der Waals surface area contributed by atoms with Crippen LogP contribution in [0.25, 0.3) is 0 Å². The standard InChI is InChI=1S/C24H32N2O3/c1-15(2)29-22(28)25-20-10-16(11-20)21(27)26-13-19-12-24(19,14-26)18-6-4-17(5-7-18)23(3)8-9-23/h4-7,15-16,19-20H,8-14H2,1-3H3,(H,25,28). The normalized spacial score (nSPS) is 33.7. The van der Waals surface area contributed by atoms with E-state index in [0.29, 0.717) is 11.3 Å². The molecule has 1 aliphatic heterocycles. The highest BCUT2D eigenvalue weighted by atomic mass is 16.6. The van der Waals surface area contributed by atoms with Gasteiger partial charge in [-0.25, -0.2) is 4.79 Å². The molecule has 5 heteroatoms. The summed E-state index contributed by atoms with van der Waals surface area (Å²) in [6.45, 7) is 7.76. The van der Waals surface area contributed by atoms with Gasteiger partial charge in [0.15, 0.2) is 0 Å². The molecule has 4 fully saturated rings. The van der Waals surface area contributed by atoms with E-state index in [2.05, 4.69) is 41.4 Å². The first-order chi connectivity index (χ1) is 13.8. The third kappa shape index (κ3) is 3.32. The molecular weight excluding hydrogens is 364 g/mol. The molecule has 1 saturated heterocycles. The van der Waals surface area contributed by atoms with Gasteiger partial charge in [-0.1, -0.05) is 31.2 Å². The van der Waals surface area contributed by atoms with Crippen molar-refractivity contribution in [3.8, 4) is 0 Å². The molecule has 1 N–H and O–H groups in total. The van der Waals surface area contributed by atoms with Crippen LogP contribution in [0, 0.1) is 11.8 Å². The fourth-order valence-corrected chi connectivity index (χ4v) is 5.39. The van der Waals surface area contributed by atoms with Crippen molar-refractivity contribution in [2.24, 2.45) is 11.8 Å². The van der Waals surface area contributed by atoms with Gasteiger partial charge in [0.1, 0.15) is 0 Å². The number of fused-ring (bicyclic) bond motifs is 1. The van der Waals surface area contributed by atoms with E-state index in [1.807, 2.05) is 13.8 Å². The predicted octanol–water partition coefficient (Wildman–Crippen LogP) is 3.75. The van der Waals surface area contributed by atoms with E-state index < -0.39 is 0 Å². The quantitative estimate of drug-likeness (QED) is 0.825. The number of nitrogens with zero attached hydrogens (tertiary/aromatic N) is 1. The maximum atomic E-state index is 13.0. The molecule has 0 aromatic heterocycles. The monoisotopic (exact) mass is 396 g/mol. The molecule has 0 spiro atoms. The van der Waals surface area contributed by atoms with Crippen LogP contribution in [0.5, 0.6) is 0 Å². The molecule has 2 amide bonds. The third-order valence-corrected chi connectivity index (χ3v) is 7.77. The fraction of sp³-hybridized carbons (Fsp3) is 0.667. The Morgan fingerprint density at radius 1 is 1.14 bits per heavy atom. The number of alkyl carbamates (subject to hydrolysis) is 1. The smallest absolute Gasteiger partial charge is 0.407 e. The number of ether oxygens (including phenoxy) is 1. The first-order valence-corrected chi connectivity index (χ1v) is 11.2. The van der Waals surface area contributed by atoms with Crippen molar-refractivity contribution in [3.05, 3.63) is 35.4 Å². The van der Waals surface area contributed by atoms with E-state index in [0.717, 1.165) is 25.9 Å². The van der Waals surface area contributed by atoms with Gasteiger partial charge in [-0.2, -0.15) is 0 Å². The Bertz CT molecular complexity index is 823. The molecule has 2 unspecified atom stereocenters. The molecule has 3 aliphatic carbocycles. The molecule has 0 bridgehead atoms. The summed E-state index contributed by atoms with van der Waals surface area (Å²) in [7, 11) is 0. The molecule has 3 saturated carbocycles. The molecule has 4 aliphatic rings. The molecular formula is C24H32N2O3. The molecule has 1 heterocycles. The summed E-state index contributed by atoms with van der Waals surface area (Å²) in [6, 6.07) is 9.33. The zero-order chi connectivity index (χ0) is 20.4. The average Bonchev–Trinajstić information content (AvgIpc) is 3.53. The second-order valence-corrected chi connectivity index (χ2v) is 10.4. The molecule has 5 rings (SSSR count). The van der Waals surface area contributed by atoms with Gasteiger partial charge in [0.25, 0.3) is 0 Å². The highest BCUT2D eigenvalue weighted by Gasteiger charge is 2.62. The van der Waals surface area contributed by atoms with Crippen LogP contribution >= 0.6 is 0 Å². The topological polar surface area (TPSA) is 58.6 Å². The van der Waals surface area contributed by atoms with E-state index >= 15 is 0 Å². The van der Waals surface area contributed by atoms with Crippen molar-refractivity contribution >= 4 is 12.0 Å². The van der Waals surface area contributed by atoms with Gasteiger partial charge in [-0.05, 0) is 68.4 Å². The van der Waals surface area contributed by atoms with Crippen LogP contribution in [0.15, 0.2) is 24.3 Å². The van der Waals surface area contributed by atoms with Crippen molar-refractivity contribution < 1.29 is 14.3 Å². The second-order valence-electron chi connectivity index (χ2n) is 10.4. The van der Waals surface area contributed by atoms with Crippen molar-refractivity contribution in [1.82, 2.24) is 10.2 Å². The summed E-state index contributed by atoms with van der Waals surface area (Å²) in [5, 5.41) is 2.86. The Morgan fingerprint density at radius 2 is 1.79 bits per heavy atom. The van der Waals surface area contributed by atoms with Crippen LogP contribution in [-0.4, -0.2) is 42.1 Å². The SMILES string of the molecule is CC(C)OC(=O)NC1CC(C(=O)N2CC3CC3(c3ccc(C4(C)CC4)cc3)C2)C1. The van der Waals surface area contributed by atoms with Gasteiger partial charge >= 0.3 is 6.09 Å². The van der Waals surface area contributed by atoms with Gasteiger partial charge in [0.05, 0.1) is 6.10 Å². The van der Waals surface area contributed by atoms with Crippen LogP contribution in [0.3, 0.4) is 0 Å². The first kappa shape index (κ1) is 19.0. The van der Waals surface area contributed by atoms with Gasteiger partial charge in [0, 0.05) is 30.5 Å². The van der Waals surface area contributed by atoms with Crippen molar-refractivity contribution in [3.63, 3.8) is 0 Å². The summed E-state index contributed by atoms with van der Waals surface area (Å²) >= 11 is 0. The number of likely N-dealkylation sites (tertiary alicyclic amines) is 1. The Kier molecular flexibility index (Phi) is 4.24. The lowest BCUT2D eigenvalue weighted by Gasteiger charge is -2.37. The second kappa shape index (κ2) is 6.48. The van der Waals surface area contributed by atoms with Crippen molar-refractivity contribution in [2.75, 3.05) is 13.1 Å². The third-order valence-electron chi connectivity index (χ3n) is 7.77. The fourth-order valence-electron chi connectivity index (χ4n) is 5.39. The Morgan fingerprint density at radius 3 is 2.41 bits per heavy atom. The largest absolute Gasteiger partial charge is 0.447 e.